The van der Waals surface area contributed by atoms with E-state index in [9.17, 15) is 4.79 Å². The van der Waals surface area contributed by atoms with Gasteiger partial charge in [-0.2, -0.15) is 0 Å². The first kappa shape index (κ1) is 17.0. The van der Waals surface area contributed by atoms with Gasteiger partial charge in [0.25, 0.3) is 0 Å². The van der Waals surface area contributed by atoms with E-state index in [-0.39, 0.29) is 12.3 Å². The fraction of sp³-hybridized carbons (Fsp3) is 0.316. The molecule has 1 amide bonds. The first-order valence-corrected chi connectivity index (χ1v) is 8.01. The second-order valence-electron chi connectivity index (χ2n) is 5.72. The Kier molecular flexibility index (Phi) is 4.97. The van der Waals surface area contributed by atoms with Crippen LogP contribution in [-0.2, 0) is 11.2 Å². The second kappa shape index (κ2) is 7.34. The molecule has 25 heavy (non-hydrogen) atoms. The first-order valence-electron chi connectivity index (χ1n) is 8.01. The summed E-state index contributed by atoms with van der Waals surface area (Å²) in [6, 6.07) is 9.04. The molecule has 0 atom stereocenters. The van der Waals surface area contributed by atoms with Crippen molar-refractivity contribution >= 4 is 11.6 Å². The monoisotopic (exact) mass is 343 g/mol. The van der Waals surface area contributed by atoms with Gasteiger partial charge in [0.1, 0.15) is 13.2 Å². The number of carbonyl (C=O) groups is 1. The normalized spacial score (nSPS) is 12.4. The van der Waals surface area contributed by atoms with E-state index in [2.05, 4.69) is 5.32 Å². The summed E-state index contributed by atoms with van der Waals surface area (Å²) in [6.45, 7) is 3.02. The average molecular weight is 343 g/mol. The van der Waals surface area contributed by atoms with Gasteiger partial charge in [0.2, 0.25) is 5.91 Å². The molecule has 0 radical (unpaired) electrons. The minimum Gasteiger partial charge on any atom is -0.493 e. The molecule has 6 nitrogen and oxygen atoms in total. The highest BCUT2D eigenvalue weighted by Crippen LogP contribution is 2.33. The number of hydrogen-bond donors (Lipinski definition) is 1. The molecule has 132 valence electrons. The van der Waals surface area contributed by atoms with Gasteiger partial charge >= 0.3 is 0 Å². The summed E-state index contributed by atoms with van der Waals surface area (Å²) in [7, 11) is 3.13. The minimum absolute atomic E-state index is 0.119. The van der Waals surface area contributed by atoms with Crippen LogP contribution in [0, 0.1) is 6.92 Å². The Morgan fingerprint density at radius 3 is 2.40 bits per heavy atom. The van der Waals surface area contributed by atoms with Crippen molar-refractivity contribution in [2.75, 3.05) is 32.8 Å². The fourth-order valence-corrected chi connectivity index (χ4v) is 2.72. The number of rotatable bonds is 5. The van der Waals surface area contributed by atoms with Crippen LogP contribution in [0.1, 0.15) is 11.1 Å². The van der Waals surface area contributed by atoms with Gasteiger partial charge < -0.3 is 24.3 Å². The van der Waals surface area contributed by atoms with Crippen LogP contribution < -0.4 is 24.3 Å². The van der Waals surface area contributed by atoms with Crippen molar-refractivity contribution < 1.29 is 23.7 Å². The van der Waals surface area contributed by atoms with Gasteiger partial charge in [-0.3, -0.25) is 4.79 Å². The van der Waals surface area contributed by atoms with Crippen molar-refractivity contribution in [2.45, 2.75) is 13.3 Å². The molecular formula is C19H21NO5. The quantitative estimate of drug-likeness (QED) is 0.904. The number of nitrogens with one attached hydrogen (secondary N) is 1. The van der Waals surface area contributed by atoms with E-state index < -0.39 is 0 Å². The topological polar surface area (TPSA) is 66.0 Å². The van der Waals surface area contributed by atoms with Crippen LogP contribution in [0.5, 0.6) is 23.0 Å². The maximum Gasteiger partial charge on any atom is 0.228 e. The zero-order chi connectivity index (χ0) is 17.8. The molecular weight excluding hydrogens is 322 g/mol. The van der Waals surface area contributed by atoms with Crippen molar-refractivity contribution in [1.29, 1.82) is 0 Å². The number of ether oxygens (including phenoxy) is 4. The lowest BCUT2D eigenvalue weighted by Crippen LogP contribution is -2.18. The summed E-state index contributed by atoms with van der Waals surface area (Å²) in [5.41, 5.74) is 2.55. The molecule has 1 aliphatic rings. The fourth-order valence-electron chi connectivity index (χ4n) is 2.72. The molecule has 0 unspecified atom stereocenters. The third-order valence-electron chi connectivity index (χ3n) is 4.02. The van der Waals surface area contributed by atoms with Crippen LogP contribution in [0.3, 0.4) is 0 Å². The zero-order valence-corrected chi connectivity index (χ0v) is 14.5. The van der Waals surface area contributed by atoms with Gasteiger partial charge in [-0.15, -0.1) is 0 Å². The van der Waals surface area contributed by atoms with Crippen molar-refractivity contribution in [2.24, 2.45) is 0 Å². The highest BCUT2D eigenvalue weighted by Gasteiger charge is 2.16. The summed E-state index contributed by atoms with van der Waals surface area (Å²) >= 11 is 0. The standard InChI is InChI=1S/C19H21NO5/c1-12-8-17-18(25-7-6-24-17)9-13(12)10-19(21)20-14-4-5-15(22-2)16(11-14)23-3/h4-5,8-9,11H,6-7,10H2,1-3H3,(H,20,21). The van der Waals surface area contributed by atoms with Crippen molar-refractivity contribution in [3.05, 3.63) is 41.5 Å². The molecule has 1 aliphatic heterocycles. The van der Waals surface area contributed by atoms with Crippen LogP contribution in [0.4, 0.5) is 5.69 Å². The van der Waals surface area contributed by atoms with Gasteiger partial charge in [-0.05, 0) is 42.3 Å². The van der Waals surface area contributed by atoms with Crippen LogP contribution in [-0.4, -0.2) is 33.3 Å². The minimum atomic E-state index is -0.119. The lowest BCUT2D eigenvalue weighted by atomic mass is 10.0. The van der Waals surface area contributed by atoms with E-state index in [1.165, 1.54) is 0 Å². The summed E-state index contributed by atoms with van der Waals surface area (Å²) in [6.07, 6.45) is 0.247. The summed E-state index contributed by atoms with van der Waals surface area (Å²) < 4.78 is 21.6. The number of fused-ring (bicyclic) bond motifs is 1. The molecule has 0 fully saturated rings. The first-order chi connectivity index (χ1) is 12.1. The third-order valence-corrected chi connectivity index (χ3v) is 4.02. The highest BCUT2D eigenvalue weighted by molar-refractivity contribution is 5.92. The van der Waals surface area contributed by atoms with Gasteiger partial charge in [0.15, 0.2) is 23.0 Å². The van der Waals surface area contributed by atoms with Gasteiger partial charge in [-0.1, -0.05) is 0 Å². The van der Waals surface area contributed by atoms with Crippen molar-refractivity contribution in [3.63, 3.8) is 0 Å². The van der Waals surface area contributed by atoms with Gasteiger partial charge in [0, 0.05) is 11.8 Å². The molecule has 0 spiro atoms. The number of hydrogen-bond acceptors (Lipinski definition) is 5. The molecule has 6 heteroatoms. The molecule has 2 aromatic rings. The smallest absolute Gasteiger partial charge is 0.228 e. The lowest BCUT2D eigenvalue weighted by molar-refractivity contribution is -0.115. The largest absolute Gasteiger partial charge is 0.493 e. The second-order valence-corrected chi connectivity index (χ2v) is 5.72. The molecule has 0 saturated carbocycles. The van der Waals surface area contributed by atoms with E-state index in [0.29, 0.717) is 36.1 Å². The Bertz CT molecular complexity index is 788. The molecule has 0 saturated heterocycles. The van der Waals surface area contributed by atoms with Crippen LogP contribution in [0.25, 0.3) is 0 Å². The number of aryl methyl sites for hydroxylation is 1. The van der Waals surface area contributed by atoms with E-state index in [0.717, 1.165) is 16.9 Å². The lowest BCUT2D eigenvalue weighted by Gasteiger charge is -2.20. The number of anilines is 1. The molecule has 0 bridgehead atoms. The average Bonchev–Trinajstić information content (AvgIpc) is 2.62. The number of carbonyl (C=O) groups excluding carboxylic acids is 1. The van der Waals surface area contributed by atoms with E-state index in [1.807, 2.05) is 19.1 Å². The Hall–Kier alpha value is -2.89. The molecule has 0 aromatic heterocycles. The Morgan fingerprint density at radius 1 is 1.04 bits per heavy atom. The summed E-state index contributed by atoms with van der Waals surface area (Å²) in [5, 5.41) is 2.88. The molecule has 0 aliphatic carbocycles. The number of amides is 1. The molecule has 2 aromatic carbocycles. The maximum absolute atomic E-state index is 12.4. The highest BCUT2D eigenvalue weighted by atomic mass is 16.6. The molecule has 3 rings (SSSR count). The predicted molar refractivity (Wildman–Crippen MR) is 94.0 cm³/mol. The van der Waals surface area contributed by atoms with Crippen molar-refractivity contribution in [3.8, 4) is 23.0 Å². The number of benzene rings is 2. The van der Waals surface area contributed by atoms with E-state index >= 15 is 0 Å². The van der Waals surface area contributed by atoms with Gasteiger partial charge in [-0.25, -0.2) is 0 Å². The molecule has 1 N–H and O–H groups in total. The van der Waals surface area contributed by atoms with Gasteiger partial charge in [0.05, 0.1) is 20.6 Å². The van der Waals surface area contributed by atoms with E-state index in [4.69, 9.17) is 18.9 Å². The van der Waals surface area contributed by atoms with E-state index in [1.54, 1.807) is 32.4 Å². The van der Waals surface area contributed by atoms with Crippen molar-refractivity contribution in [1.82, 2.24) is 0 Å². The SMILES string of the molecule is COc1ccc(NC(=O)Cc2cc3c(cc2C)OCCO3)cc1OC. The predicted octanol–water partition coefficient (Wildman–Crippen LogP) is 2.96. The summed E-state index contributed by atoms with van der Waals surface area (Å²) in [5.74, 6) is 2.48. The third kappa shape index (κ3) is 3.79. The Balaban J connectivity index is 1.72. The Labute approximate surface area is 146 Å². The van der Waals surface area contributed by atoms with Crippen LogP contribution >= 0.6 is 0 Å². The maximum atomic E-state index is 12.4. The number of methoxy groups -OCH3 is 2. The summed E-state index contributed by atoms with van der Waals surface area (Å²) in [4.78, 5) is 12.4. The van der Waals surface area contributed by atoms with Crippen LogP contribution in [0.2, 0.25) is 0 Å². The van der Waals surface area contributed by atoms with Crippen LogP contribution in [0.15, 0.2) is 30.3 Å². The molecule has 1 heterocycles. The zero-order valence-electron chi connectivity index (χ0n) is 14.5. The Morgan fingerprint density at radius 2 is 1.72 bits per heavy atom.